The quantitative estimate of drug-likeness (QED) is 0.821. The van der Waals surface area contributed by atoms with Crippen LogP contribution in [0.25, 0.3) is 0 Å². The fourth-order valence-corrected chi connectivity index (χ4v) is 1.60. The molecule has 19 heavy (non-hydrogen) atoms. The van der Waals surface area contributed by atoms with Crippen molar-refractivity contribution in [2.24, 2.45) is 0 Å². The van der Waals surface area contributed by atoms with Crippen LogP contribution < -0.4 is 5.32 Å². The Kier molecular flexibility index (Phi) is 3.93. The summed E-state index contributed by atoms with van der Waals surface area (Å²) in [6.07, 6.45) is 0. The normalized spacial score (nSPS) is 9.89. The van der Waals surface area contributed by atoms with E-state index >= 15 is 0 Å². The molecule has 0 bridgehead atoms. The minimum atomic E-state index is -0.285. The highest BCUT2D eigenvalue weighted by Gasteiger charge is 2.09. The molecule has 0 unspecified atom stereocenters. The maximum Gasteiger partial charge on any atom is 0.251 e. The number of Topliss-reactive ketones (excluding diaryl/α,β-unsaturated/α-hetero) is 1. The molecule has 0 radical (unpaired) electrons. The van der Waals surface area contributed by atoms with E-state index in [0.29, 0.717) is 11.1 Å². The number of phenols is 1. The summed E-state index contributed by atoms with van der Waals surface area (Å²) >= 11 is 0. The van der Waals surface area contributed by atoms with Crippen molar-refractivity contribution >= 4 is 11.7 Å². The Balaban J connectivity index is 1.94. The number of carbonyl (C=O) groups is 2. The molecule has 0 aliphatic heterocycles. The monoisotopic (exact) mass is 255 g/mol. The van der Waals surface area contributed by atoms with Crippen molar-refractivity contribution in [2.45, 2.75) is 0 Å². The number of carbonyl (C=O) groups excluding carboxylic acids is 2. The van der Waals surface area contributed by atoms with E-state index in [-0.39, 0.29) is 24.0 Å². The number of hydrogen-bond acceptors (Lipinski definition) is 3. The highest BCUT2D eigenvalue weighted by Crippen LogP contribution is 2.09. The number of rotatable bonds is 4. The van der Waals surface area contributed by atoms with Gasteiger partial charge in [0.15, 0.2) is 5.78 Å². The van der Waals surface area contributed by atoms with E-state index in [1.54, 1.807) is 24.3 Å². The summed E-state index contributed by atoms with van der Waals surface area (Å²) in [5.41, 5.74) is 0.965. The molecule has 0 saturated carbocycles. The van der Waals surface area contributed by atoms with E-state index in [1.807, 2.05) is 6.07 Å². The SMILES string of the molecule is O=C(CNC(=O)c1ccccc1)c1ccc(O)cc1. The molecule has 0 aliphatic carbocycles. The lowest BCUT2D eigenvalue weighted by Crippen LogP contribution is -2.29. The molecule has 0 heterocycles. The third kappa shape index (κ3) is 3.42. The summed E-state index contributed by atoms with van der Waals surface area (Å²) in [5, 5.41) is 11.7. The van der Waals surface area contributed by atoms with E-state index in [1.165, 1.54) is 24.3 Å². The highest BCUT2D eigenvalue weighted by atomic mass is 16.3. The molecule has 1 amide bonds. The van der Waals surface area contributed by atoms with Gasteiger partial charge in [-0.05, 0) is 36.4 Å². The predicted molar refractivity (Wildman–Crippen MR) is 71.2 cm³/mol. The summed E-state index contributed by atoms with van der Waals surface area (Å²) in [7, 11) is 0. The van der Waals surface area contributed by atoms with Crippen molar-refractivity contribution in [1.82, 2.24) is 5.32 Å². The third-order valence-electron chi connectivity index (χ3n) is 2.63. The summed E-state index contributed by atoms with van der Waals surface area (Å²) in [5.74, 6) is -0.387. The van der Waals surface area contributed by atoms with Gasteiger partial charge >= 0.3 is 0 Å². The van der Waals surface area contributed by atoms with Crippen molar-refractivity contribution < 1.29 is 14.7 Å². The summed E-state index contributed by atoms with van der Waals surface area (Å²) in [6.45, 7) is -0.0709. The number of benzene rings is 2. The van der Waals surface area contributed by atoms with Crippen molar-refractivity contribution in [2.75, 3.05) is 6.54 Å². The maximum absolute atomic E-state index is 11.8. The second kappa shape index (κ2) is 5.82. The molecule has 4 heteroatoms. The van der Waals surface area contributed by atoms with Crippen molar-refractivity contribution in [3.05, 3.63) is 65.7 Å². The van der Waals surface area contributed by atoms with Crippen LogP contribution in [0.1, 0.15) is 20.7 Å². The second-order valence-electron chi connectivity index (χ2n) is 4.02. The first-order valence-electron chi connectivity index (χ1n) is 5.82. The van der Waals surface area contributed by atoms with E-state index in [9.17, 15) is 9.59 Å². The van der Waals surface area contributed by atoms with Gasteiger partial charge in [0.05, 0.1) is 6.54 Å². The zero-order valence-corrected chi connectivity index (χ0v) is 10.2. The second-order valence-corrected chi connectivity index (χ2v) is 4.02. The third-order valence-corrected chi connectivity index (χ3v) is 2.63. The zero-order valence-electron chi connectivity index (χ0n) is 10.2. The highest BCUT2D eigenvalue weighted by molar-refractivity contribution is 6.02. The molecule has 2 aromatic rings. The summed E-state index contributed by atoms with van der Waals surface area (Å²) in [6, 6.07) is 14.6. The number of phenolic OH excluding ortho intramolecular Hbond substituents is 1. The minimum absolute atomic E-state index is 0.0709. The fraction of sp³-hybridized carbons (Fsp3) is 0.0667. The van der Waals surface area contributed by atoms with Gasteiger partial charge in [0.25, 0.3) is 5.91 Å². The van der Waals surface area contributed by atoms with Gasteiger partial charge in [0.1, 0.15) is 5.75 Å². The largest absolute Gasteiger partial charge is 0.508 e. The number of aromatic hydroxyl groups is 1. The van der Waals surface area contributed by atoms with Crippen LogP contribution in [0, 0.1) is 0 Å². The molecule has 0 aromatic heterocycles. The lowest BCUT2D eigenvalue weighted by atomic mass is 10.1. The smallest absolute Gasteiger partial charge is 0.251 e. The van der Waals surface area contributed by atoms with Crippen LogP contribution in [0.3, 0.4) is 0 Å². The van der Waals surface area contributed by atoms with Gasteiger partial charge in [-0.1, -0.05) is 18.2 Å². The number of amides is 1. The summed E-state index contributed by atoms with van der Waals surface area (Å²) < 4.78 is 0. The number of nitrogens with one attached hydrogen (secondary N) is 1. The lowest BCUT2D eigenvalue weighted by molar-refractivity contribution is 0.0904. The topological polar surface area (TPSA) is 66.4 Å². The average Bonchev–Trinajstić information content (AvgIpc) is 2.46. The Labute approximate surface area is 110 Å². The lowest BCUT2D eigenvalue weighted by Gasteiger charge is -2.04. The molecule has 2 aromatic carbocycles. The van der Waals surface area contributed by atoms with Gasteiger partial charge in [-0.3, -0.25) is 9.59 Å². The molecule has 0 fully saturated rings. The molecule has 4 nitrogen and oxygen atoms in total. The average molecular weight is 255 g/mol. The Morgan fingerprint density at radius 1 is 0.895 bits per heavy atom. The fourth-order valence-electron chi connectivity index (χ4n) is 1.60. The molecular weight excluding hydrogens is 242 g/mol. The molecule has 0 aliphatic rings. The van der Waals surface area contributed by atoms with Gasteiger partial charge < -0.3 is 10.4 Å². The van der Waals surface area contributed by atoms with Crippen molar-refractivity contribution in [3.8, 4) is 5.75 Å². The number of hydrogen-bond donors (Lipinski definition) is 2. The molecule has 2 N–H and O–H groups in total. The Bertz CT molecular complexity index is 576. The van der Waals surface area contributed by atoms with Crippen LogP contribution in [0.2, 0.25) is 0 Å². The zero-order chi connectivity index (χ0) is 13.7. The van der Waals surface area contributed by atoms with Crippen LogP contribution in [-0.2, 0) is 0 Å². The minimum Gasteiger partial charge on any atom is -0.508 e. The maximum atomic E-state index is 11.8. The predicted octanol–water partition coefficient (Wildman–Crippen LogP) is 2.00. The molecule has 96 valence electrons. The van der Waals surface area contributed by atoms with E-state index in [0.717, 1.165) is 0 Å². The Hall–Kier alpha value is -2.62. The van der Waals surface area contributed by atoms with Gasteiger partial charge in [-0.15, -0.1) is 0 Å². The standard InChI is InChI=1S/C15H13NO3/c17-13-8-6-11(7-9-13)14(18)10-16-15(19)12-4-2-1-3-5-12/h1-9,17H,10H2,(H,16,19). The molecule has 0 saturated heterocycles. The molecule has 0 spiro atoms. The van der Waals surface area contributed by atoms with E-state index in [4.69, 9.17) is 5.11 Å². The Morgan fingerprint density at radius 2 is 1.53 bits per heavy atom. The van der Waals surface area contributed by atoms with E-state index < -0.39 is 0 Å². The molecular formula is C15H13NO3. The van der Waals surface area contributed by atoms with Gasteiger partial charge in [0, 0.05) is 11.1 Å². The van der Waals surface area contributed by atoms with Crippen LogP contribution in [0.4, 0.5) is 0 Å². The van der Waals surface area contributed by atoms with Crippen LogP contribution >= 0.6 is 0 Å². The van der Waals surface area contributed by atoms with Gasteiger partial charge in [0.2, 0.25) is 0 Å². The van der Waals surface area contributed by atoms with E-state index in [2.05, 4.69) is 5.32 Å². The van der Waals surface area contributed by atoms with Gasteiger partial charge in [-0.25, -0.2) is 0 Å². The first-order valence-corrected chi connectivity index (χ1v) is 5.82. The number of ketones is 1. The first kappa shape index (κ1) is 12.8. The van der Waals surface area contributed by atoms with Gasteiger partial charge in [-0.2, -0.15) is 0 Å². The molecule has 0 atom stereocenters. The van der Waals surface area contributed by atoms with Crippen LogP contribution in [0.5, 0.6) is 5.75 Å². The summed E-state index contributed by atoms with van der Waals surface area (Å²) in [4.78, 5) is 23.5. The van der Waals surface area contributed by atoms with Crippen LogP contribution in [0.15, 0.2) is 54.6 Å². The first-order chi connectivity index (χ1) is 9.16. The van der Waals surface area contributed by atoms with Crippen molar-refractivity contribution in [1.29, 1.82) is 0 Å². The van der Waals surface area contributed by atoms with Crippen LogP contribution in [-0.4, -0.2) is 23.3 Å². The van der Waals surface area contributed by atoms with Crippen molar-refractivity contribution in [3.63, 3.8) is 0 Å². The molecule has 2 rings (SSSR count). The Morgan fingerprint density at radius 3 is 2.16 bits per heavy atom.